The fraction of sp³-hybridized carbons (Fsp3) is 0.643. The summed E-state index contributed by atoms with van der Waals surface area (Å²) in [6, 6.07) is 2.75. The SMILES string of the molecule is CCC1C2CNCC2CN1Cc1ccncc1Cl. The molecule has 3 nitrogen and oxygen atoms in total. The average molecular weight is 266 g/mol. The lowest BCUT2D eigenvalue weighted by atomic mass is 9.93. The van der Waals surface area contributed by atoms with Gasteiger partial charge in [0.1, 0.15) is 0 Å². The third-order valence-corrected chi connectivity index (χ3v) is 4.81. The van der Waals surface area contributed by atoms with Gasteiger partial charge in [0.05, 0.1) is 5.02 Å². The molecule has 3 atom stereocenters. The quantitative estimate of drug-likeness (QED) is 0.908. The van der Waals surface area contributed by atoms with Crippen molar-refractivity contribution in [1.82, 2.24) is 15.2 Å². The minimum absolute atomic E-state index is 0.703. The Hall–Kier alpha value is -0.640. The van der Waals surface area contributed by atoms with Crippen molar-refractivity contribution >= 4 is 11.6 Å². The number of nitrogens with zero attached hydrogens (tertiary/aromatic N) is 2. The first-order valence-corrected chi connectivity index (χ1v) is 7.20. The van der Waals surface area contributed by atoms with Crippen LogP contribution in [0.15, 0.2) is 18.5 Å². The van der Waals surface area contributed by atoms with Crippen LogP contribution < -0.4 is 5.32 Å². The van der Waals surface area contributed by atoms with Crippen LogP contribution in [0.5, 0.6) is 0 Å². The van der Waals surface area contributed by atoms with Crippen LogP contribution in [-0.2, 0) is 6.54 Å². The molecule has 0 bridgehead atoms. The fourth-order valence-electron chi connectivity index (χ4n) is 3.60. The van der Waals surface area contributed by atoms with Gasteiger partial charge in [-0.3, -0.25) is 9.88 Å². The van der Waals surface area contributed by atoms with Gasteiger partial charge in [0.2, 0.25) is 0 Å². The average Bonchev–Trinajstić information content (AvgIpc) is 2.92. The maximum Gasteiger partial charge on any atom is 0.0634 e. The first kappa shape index (κ1) is 12.4. The van der Waals surface area contributed by atoms with Crippen LogP contribution in [0.2, 0.25) is 5.02 Å². The molecule has 0 aliphatic carbocycles. The zero-order valence-electron chi connectivity index (χ0n) is 10.8. The van der Waals surface area contributed by atoms with Gasteiger partial charge in [0.25, 0.3) is 0 Å². The van der Waals surface area contributed by atoms with E-state index in [9.17, 15) is 0 Å². The molecule has 0 amide bonds. The molecule has 3 heterocycles. The lowest BCUT2D eigenvalue weighted by Gasteiger charge is -2.27. The highest BCUT2D eigenvalue weighted by Crippen LogP contribution is 2.35. The summed E-state index contributed by atoms with van der Waals surface area (Å²) in [5.74, 6) is 1.66. The number of halogens is 1. The van der Waals surface area contributed by atoms with Crippen LogP contribution in [0.3, 0.4) is 0 Å². The van der Waals surface area contributed by atoms with Crippen LogP contribution in [0.1, 0.15) is 18.9 Å². The molecule has 1 aromatic rings. The summed E-state index contributed by atoms with van der Waals surface area (Å²) in [5, 5.41) is 4.32. The highest BCUT2D eigenvalue weighted by atomic mass is 35.5. The molecule has 0 saturated carbocycles. The normalized spacial score (nSPS) is 31.8. The minimum Gasteiger partial charge on any atom is -0.316 e. The van der Waals surface area contributed by atoms with Gasteiger partial charge >= 0.3 is 0 Å². The highest BCUT2D eigenvalue weighted by molar-refractivity contribution is 6.31. The van der Waals surface area contributed by atoms with E-state index in [2.05, 4.69) is 22.1 Å². The summed E-state index contributed by atoms with van der Waals surface area (Å²) in [6.45, 7) is 6.83. The van der Waals surface area contributed by atoms with Gasteiger partial charge in [0.15, 0.2) is 0 Å². The van der Waals surface area contributed by atoms with Crippen molar-refractivity contribution in [2.45, 2.75) is 25.9 Å². The molecule has 1 aromatic heterocycles. The molecular weight excluding hydrogens is 246 g/mol. The molecule has 2 aliphatic rings. The van der Waals surface area contributed by atoms with Crippen molar-refractivity contribution in [1.29, 1.82) is 0 Å². The number of nitrogens with one attached hydrogen (secondary N) is 1. The monoisotopic (exact) mass is 265 g/mol. The summed E-state index contributed by atoms with van der Waals surface area (Å²) < 4.78 is 0. The number of pyridine rings is 1. The Morgan fingerprint density at radius 2 is 2.39 bits per heavy atom. The van der Waals surface area contributed by atoms with Crippen LogP contribution >= 0.6 is 11.6 Å². The number of hydrogen-bond acceptors (Lipinski definition) is 3. The maximum absolute atomic E-state index is 6.21. The predicted molar refractivity (Wildman–Crippen MR) is 73.6 cm³/mol. The Morgan fingerprint density at radius 3 is 3.17 bits per heavy atom. The number of hydrogen-bond donors (Lipinski definition) is 1. The zero-order valence-corrected chi connectivity index (χ0v) is 11.5. The number of rotatable bonds is 3. The van der Waals surface area contributed by atoms with E-state index in [0.29, 0.717) is 6.04 Å². The van der Waals surface area contributed by atoms with Gasteiger partial charge in [-0.25, -0.2) is 0 Å². The third-order valence-electron chi connectivity index (χ3n) is 4.47. The van der Waals surface area contributed by atoms with E-state index in [1.165, 1.54) is 31.6 Å². The summed E-state index contributed by atoms with van der Waals surface area (Å²) in [5.41, 5.74) is 1.21. The van der Waals surface area contributed by atoms with E-state index in [4.69, 9.17) is 11.6 Å². The molecule has 3 rings (SSSR count). The van der Waals surface area contributed by atoms with Crippen molar-refractivity contribution in [3.63, 3.8) is 0 Å². The van der Waals surface area contributed by atoms with Crippen LogP contribution in [0.4, 0.5) is 0 Å². The van der Waals surface area contributed by atoms with Crippen LogP contribution in [0, 0.1) is 11.8 Å². The summed E-state index contributed by atoms with van der Waals surface area (Å²) >= 11 is 6.21. The summed E-state index contributed by atoms with van der Waals surface area (Å²) in [4.78, 5) is 6.66. The Kier molecular flexibility index (Phi) is 3.55. The van der Waals surface area contributed by atoms with E-state index in [1.54, 1.807) is 6.20 Å². The molecule has 98 valence electrons. The number of likely N-dealkylation sites (tertiary alicyclic amines) is 1. The highest BCUT2D eigenvalue weighted by Gasteiger charge is 2.42. The maximum atomic E-state index is 6.21. The number of aromatic nitrogens is 1. The van der Waals surface area contributed by atoms with Crippen LogP contribution in [-0.4, -0.2) is 35.6 Å². The van der Waals surface area contributed by atoms with Gasteiger partial charge in [-0.2, -0.15) is 0 Å². The summed E-state index contributed by atoms with van der Waals surface area (Å²) in [6.07, 6.45) is 4.81. The van der Waals surface area contributed by atoms with Gasteiger partial charge in [0, 0.05) is 31.5 Å². The Balaban J connectivity index is 1.75. The standard InChI is InChI=1S/C14H20ClN3/c1-2-14-12-6-17-5-11(12)9-18(14)8-10-3-4-16-7-13(10)15/h3-4,7,11-12,14,17H,2,5-6,8-9H2,1H3. The van der Waals surface area contributed by atoms with Gasteiger partial charge in [-0.1, -0.05) is 18.5 Å². The zero-order chi connectivity index (χ0) is 12.5. The molecule has 2 saturated heterocycles. The molecule has 1 N–H and O–H groups in total. The molecule has 18 heavy (non-hydrogen) atoms. The van der Waals surface area contributed by atoms with Gasteiger partial charge in [-0.05, 0) is 43.0 Å². The van der Waals surface area contributed by atoms with Crippen molar-refractivity contribution in [2.75, 3.05) is 19.6 Å². The predicted octanol–water partition coefficient (Wildman–Crippen LogP) is 2.16. The third kappa shape index (κ3) is 2.15. The molecule has 4 heteroatoms. The van der Waals surface area contributed by atoms with Gasteiger partial charge in [-0.15, -0.1) is 0 Å². The smallest absolute Gasteiger partial charge is 0.0634 e. The first-order chi connectivity index (χ1) is 8.79. The molecule has 0 aromatic carbocycles. The van der Waals surface area contributed by atoms with Gasteiger partial charge < -0.3 is 5.32 Å². The van der Waals surface area contributed by atoms with Crippen molar-refractivity contribution in [2.24, 2.45) is 11.8 Å². The second-order valence-electron chi connectivity index (χ2n) is 5.45. The topological polar surface area (TPSA) is 28.2 Å². The largest absolute Gasteiger partial charge is 0.316 e. The van der Waals surface area contributed by atoms with E-state index in [-0.39, 0.29) is 0 Å². The molecule has 0 radical (unpaired) electrons. The first-order valence-electron chi connectivity index (χ1n) is 6.82. The Labute approximate surface area is 114 Å². The van der Waals surface area contributed by atoms with E-state index < -0.39 is 0 Å². The molecule has 2 fully saturated rings. The van der Waals surface area contributed by atoms with Crippen molar-refractivity contribution < 1.29 is 0 Å². The van der Waals surface area contributed by atoms with E-state index >= 15 is 0 Å². The van der Waals surface area contributed by atoms with Crippen molar-refractivity contribution in [3.05, 3.63) is 29.0 Å². The lowest BCUT2D eigenvalue weighted by molar-refractivity contribution is 0.210. The Morgan fingerprint density at radius 1 is 1.50 bits per heavy atom. The molecule has 0 spiro atoms. The second kappa shape index (κ2) is 5.16. The minimum atomic E-state index is 0.703. The Bertz CT molecular complexity index is 423. The summed E-state index contributed by atoms with van der Waals surface area (Å²) in [7, 11) is 0. The molecular formula is C14H20ClN3. The number of fused-ring (bicyclic) bond motifs is 1. The fourth-order valence-corrected chi connectivity index (χ4v) is 3.78. The van der Waals surface area contributed by atoms with E-state index in [1.807, 2.05) is 12.3 Å². The van der Waals surface area contributed by atoms with E-state index in [0.717, 1.165) is 23.4 Å². The lowest BCUT2D eigenvalue weighted by Crippen LogP contribution is -2.34. The molecule has 2 aliphatic heterocycles. The second-order valence-corrected chi connectivity index (χ2v) is 5.86. The van der Waals surface area contributed by atoms with Crippen molar-refractivity contribution in [3.8, 4) is 0 Å². The molecule has 3 unspecified atom stereocenters. The van der Waals surface area contributed by atoms with Crippen LogP contribution in [0.25, 0.3) is 0 Å².